The van der Waals surface area contributed by atoms with Gasteiger partial charge in [-0.25, -0.2) is 4.79 Å². The van der Waals surface area contributed by atoms with Gasteiger partial charge in [0, 0.05) is 11.1 Å². The van der Waals surface area contributed by atoms with E-state index in [4.69, 9.17) is 26.3 Å². The lowest BCUT2D eigenvalue weighted by atomic mass is 9.90. The van der Waals surface area contributed by atoms with E-state index in [-0.39, 0.29) is 16.3 Å². The zero-order valence-corrected chi connectivity index (χ0v) is 16.2. The van der Waals surface area contributed by atoms with Crippen LogP contribution in [0.3, 0.4) is 0 Å². The minimum atomic E-state index is -1.69. The summed E-state index contributed by atoms with van der Waals surface area (Å²) in [7, 11) is 0. The molecule has 7 nitrogen and oxygen atoms in total. The molecule has 0 saturated carbocycles. The van der Waals surface area contributed by atoms with Crippen LogP contribution in [-0.2, 0) is 19.9 Å². The largest absolute Gasteiger partial charge is 0.457 e. The summed E-state index contributed by atoms with van der Waals surface area (Å²) in [6.45, 7) is 5.10. The van der Waals surface area contributed by atoms with E-state index in [1.165, 1.54) is 18.2 Å². The fourth-order valence-corrected chi connectivity index (χ4v) is 3.15. The Morgan fingerprint density at radius 2 is 1.93 bits per heavy atom. The van der Waals surface area contributed by atoms with E-state index in [1.54, 1.807) is 45.0 Å². The predicted octanol–water partition coefficient (Wildman–Crippen LogP) is 4.43. The fourth-order valence-electron chi connectivity index (χ4n) is 2.98. The van der Waals surface area contributed by atoms with Crippen LogP contribution in [0.2, 0.25) is 5.02 Å². The number of nitrogens with zero attached hydrogens (tertiary/aromatic N) is 2. The molecule has 28 heavy (non-hydrogen) atoms. The molecule has 2 atom stereocenters. The number of rotatable bonds is 4. The van der Waals surface area contributed by atoms with Crippen molar-refractivity contribution in [2.75, 3.05) is 0 Å². The summed E-state index contributed by atoms with van der Waals surface area (Å²) < 4.78 is 11.3. The van der Waals surface area contributed by atoms with Crippen molar-refractivity contribution in [3.05, 3.63) is 74.3 Å². The zero-order valence-electron chi connectivity index (χ0n) is 15.4. The minimum absolute atomic E-state index is 0.0357. The SMILES string of the molecule is CC(C)(C)OC(=O)[C@]1(c2cc(Cl)ccc2[N+](=O)[O-])O[C@H]1c1ccc(C#N)cc1. The second-order valence-corrected chi connectivity index (χ2v) is 7.82. The van der Waals surface area contributed by atoms with Gasteiger partial charge in [-0.3, -0.25) is 10.1 Å². The number of halogens is 1. The van der Waals surface area contributed by atoms with Gasteiger partial charge in [0.15, 0.2) is 0 Å². The van der Waals surface area contributed by atoms with Gasteiger partial charge in [0.25, 0.3) is 5.69 Å². The minimum Gasteiger partial charge on any atom is -0.457 e. The highest BCUT2D eigenvalue weighted by molar-refractivity contribution is 6.30. The third-order valence-electron chi connectivity index (χ3n) is 4.22. The third-order valence-corrected chi connectivity index (χ3v) is 4.45. The molecule has 1 heterocycles. The van der Waals surface area contributed by atoms with Gasteiger partial charge in [0.05, 0.1) is 22.1 Å². The van der Waals surface area contributed by atoms with Gasteiger partial charge in [-0.2, -0.15) is 5.26 Å². The van der Waals surface area contributed by atoms with Gasteiger partial charge in [-0.1, -0.05) is 23.7 Å². The molecule has 0 unspecified atom stereocenters. The summed E-state index contributed by atoms with van der Waals surface area (Å²) in [6, 6.07) is 12.4. The van der Waals surface area contributed by atoms with Crippen molar-refractivity contribution in [1.82, 2.24) is 0 Å². The molecule has 0 N–H and O–H groups in total. The standard InChI is InChI=1S/C20H17ClN2O5/c1-19(2,3)28-18(24)20(15-10-14(21)8-9-16(15)23(25)26)17(27-20)13-6-4-12(11-22)5-7-13/h4-10,17H,1-3H3/t17-,20+/m0/s1. The molecule has 0 aliphatic carbocycles. The van der Waals surface area contributed by atoms with E-state index in [9.17, 15) is 14.9 Å². The maximum absolute atomic E-state index is 13.1. The second kappa shape index (κ2) is 6.89. The Kier molecular flexibility index (Phi) is 4.88. The summed E-state index contributed by atoms with van der Waals surface area (Å²) in [6.07, 6.45) is -0.799. The van der Waals surface area contributed by atoms with Gasteiger partial charge in [-0.15, -0.1) is 0 Å². The Bertz CT molecular complexity index is 991. The van der Waals surface area contributed by atoms with Crippen LogP contribution in [0.1, 0.15) is 43.6 Å². The summed E-state index contributed by atoms with van der Waals surface area (Å²) in [5.74, 6) is -0.736. The van der Waals surface area contributed by atoms with Crippen LogP contribution in [0.4, 0.5) is 5.69 Å². The van der Waals surface area contributed by atoms with Crippen molar-refractivity contribution in [1.29, 1.82) is 5.26 Å². The molecule has 1 aliphatic rings. The molecule has 0 bridgehead atoms. The number of nitriles is 1. The molecule has 2 aromatic carbocycles. The lowest BCUT2D eigenvalue weighted by Crippen LogP contribution is -2.33. The number of epoxide rings is 1. The van der Waals surface area contributed by atoms with Crippen LogP contribution < -0.4 is 0 Å². The maximum atomic E-state index is 13.1. The molecule has 8 heteroatoms. The van der Waals surface area contributed by atoms with Crippen LogP contribution >= 0.6 is 11.6 Å². The first-order valence-electron chi connectivity index (χ1n) is 8.44. The average Bonchev–Trinajstić information content (AvgIpc) is 3.37. The summed E-state index contributed by atoms with van der Waals surface area (Å²) in [4.78, 5) is 24.0. The topological polar surface area (TPSA) is 106 Å². The molecule has 1 aliphatic heterocycles. The first-order valence-corrected chi connectivity index (χ1v) is 8.82. The van der Waals surface area contributed by atoms with E-state index in [1.807, 2.05) is 6.07 Å². The molecule has 0 spiro atoms. The van der Waals surface area contributed by atoms with Crippen LogP contribution in [-0.4, -0.2) is 16.5 Å². The lowest BCUT2D eigenvalue weighted by Gasteiger charge is -2.23. The third kappa shape index (κ3) is 3.57. The van der Waals surface area contributed by atoms with Crippen LogP contribution in [0, 0.1) is 21.4 Å². The number of carbonyl (C=O) groups excluding carboxylic acids is 1. The van der Waals surface area contributed by atoms with Crippen molar-refractivity contribution in [2.24, 2.45) is 0 Å². The number of nitro groups is 1. The quantitative estimate of drug-likeness (QED) is 0.325. The summed E-state index contributed by atoms with van der Waals surface area (Å²) in [5, 5.41) is 20.8. The highest BCUT2D eigenvalue weighted by atomic mass is 35.5. The highest BCUT2D eigenvalue weighted by Gasteiger charge is 2.68. The molecule has 3 rings (SSSR count). The number of benzene rings is 2. The lowest BCUT2D eigenvalue weighted by molar-refractivity contribution is -0.386. The van der Waals surface area contributed by atoms with E-state index < -0.39 is 28.2 Å². The Balaban J connectivity index is 2.13. The maximum Gasteiger partial charge on any atom is 0.347 e. The van der Waals surface area contributed by atoms with Crippen molar-refractivity contribution < 1.29 is 19.2 Å². The van der Waals surface area contributed by atoms with E-state index in [0.717, 1.165) is 0 Å². The normalized spacial score (nSPS) is 20.9. The first-order chi connectivity index (χ1) is 13.1. The highest BCUT2D eigenvalue weighted by Crippen LogP contribution is 2.60. The molecule has 144 valence electrons. The van der Waals surface area contributed by atoms with Gasteiger partial charge in [0.2, 0.25) is 5.60 Å². The number of ether oxygens (including phenoxy) is 2. The number of hydrogen-bond acceptors (Lipinski definition) is 6. The second-order valence-electron chi connectivity index (χ2n) is 7.39. The van der Waals surface area contributed by atoms with Crippen molar-refractivity contribution in [3.8, 4) is 6.07 Å². The van der Waals surface area contributed by atoms with Crippen LogP contribution in [0.15, 0.2) is 42.5 Å². The van der Waals surface area contributed by atoms with Crippen molar-refractivity contribution >= 4 is 23.3 Å². The zero-order chi connectivity index (χ0) is 20.7. The molecule has 2 aromatic rings. The molecular weight excluding hydrogens is 384 g/mol. The average molecular weight is 401 g/mol. The number of hydrogen-bond donors (Lipinski definition) is 0. The van der Waals surface area contributed by atoms with Gasteiger partial charge >= 0.3 is 5.97 Å². The fraction of sp³-hybridized carbons (Fsp3) is 0.300. The van der Waals surface area contributed by atoms with E-state index in [0.29, 0.717) is 11.1 Å². The van der Waals surface area contributed by atoms with Crippen LogP contribution in [0.25, 0.3) is 0 Å². The Hall–Kier alpha value is -2.95. The number of nitro benzene ring substituents is 1. The predicted molar refractivity (Wildman–Crippen MR) is 101 cm³/mol. The van der Waals surface area contributed by atoms with E-state index in [2.05, 4.69) is 0 Å². The smallest absolute Gasteiger partial charge is 0.347 e. The Labute approximate surface area is 166 Å². The number of carbonyl (C=O) groups is 1. The summed E-state index contributed by atoms with van der Waals surface area (Å²) >= 11 is 6.06. The van der Waals surface area contributed by atoms with Gasteiger partial charge in [0.1, 0.15) is 11.7 Å². The molecule has 1 saturated heterocycles. The molecule has 1 fully saturated rings. The van der Waals surface area contributed by atoms with Gasteiger partial charge < -0.3 is 9.47 Å². The van der Waals surface area contributed by atoms with Crippen LogP contribution in [0.5, 0.6) is 0 Å². The molecule has 0 amide bonds. The van der Waals surface area contributed by atoms with E-state index >= 15 is 0 Å². The van der Waals surface area contributed by atoms with Gasteiger partial charge in [-0.05, 0) is 50.6 Å². The summed E-state index contributed by atoms with van der Waals surface area (Å²) in [5.41, 5.74) is -1.71. The van der Waals surface area contributed by atoms with Crippen molar-refractivity contribution in [2.45, 2.75) is 38.1 Å². The molecule has 0 radical (unpaired) electrons. The Morgan fingerprint density at radius 1 is 1.29 bits per heavy atom. The number of esters is 1. The first kappa shape index (κ1) is 19.8. The molecular formula is C20H17ClN2O5. The molecule has 0 aromatic heterocycles. The monoisotopic (exact) mass is 400 g/mol. The Morgan fingerprint density at radius 3 is 2.46 bits per heavy atom. The van der Waals surface area contributed by atoms with Crippen molar-refractivity contribution in [3.63, 3.8) is 0 Å².